The molecular formula is C11H23NS. The molecular weight excluding hydrogens is 178 g/mol. The molecule has 1 N–H and O–H groups in total. The van der Waals surface area contributed by atoms with Gasteiger partial charge in [0, 0.05) is 17.0 Å². The van der Waals surface area contributed by atoms with Gasteiger partial charge in [-0.2, -0.15) is 11.8 Å². The lowest BCUT2D eigenvalue weighted by atomic mass is 10.1. The Morgan fingerprint density at radius 2 is 1.92 bits per heavy atom. The fraction of sp³-hybridized carbons (Fsp3) is 1.00. The zero-order valence-corrected chi connectivity index (χ0v) is 9.99. The Hall–Kier alpha value is 0.310. The predicted molar refractivity (Wildman–Crippen MR) is 62.4 cm³/mol. The number of hydrogen-bond donors (Lipinski definition) is 1. The molecule has 1 aliphatic rings. The van der Waals surface area contributed by atoms with Crippen LogP contribution in [-0.4, -0.2) is 24.1 Å². The summed E-state index contributed by atoms with van der Waals surface area (Å²) in [7, 11) is 2.08. The molecule has 0 heterocycles. The van der Waals surface area contributed by atoms with Crippen LogP contribution >= 0.6 is 11.8 Å². The van der Waals surface area contributed by atoms with Crippen LogP contribution in [0.15, 0.2) is 0 Å². The van der Waals surface area contributed by atoms with E-state index in [1.165, 1.54) is 31.4 Å². The van der Waals surface area contributed by atoms with Crippen molar-refractivity contribution in [3.63, 3.8) is 0 Å². The topological polar surface area (TPSA) is 12.0 Å². The van der Waals surface area contributed by atoms with E-state index in [2.05, 4.69) is 38.0 Å². The Balaban J connectivity index is 2.15. The van der Waals surface area contributed by atoms with Crippen LogP contribution in [0.5, 0.6) is 0 Å². The van der Waals surface area contributed by atoms with Gasteiger partial charge in [-0.3, -0.25) is 0 Å². The van der Waals surface area contributed by atoms with Crippen LogP contribution in [0, 0.1) is 5.92 Å². The molecule has 13 heavy (non-hydrogen) atoms. The van der Waals surface area contributed by atoms with Crippen molar-refractivity contribution in [1.82, 2.24) is 5.32 Å². The van der Waals surface area contributed by atoms with Gasteiger partial charge in [0.2, 0.25) is 0 Å². The minimum absolute atomic E-state index is 0.700. The zero-order valence-electron chi connectivity index (χ0n) is 9.18. The monoisotopic (exact) mass is 201 g/mol. The standard InChI is InChI=1S/C11H23NS/c1-9(2)11(12-3)8-13-10-6-4-5-7-10/h9-12H,4-8H2,1-3H3. The summed E-state index contributed by atoms with van der Waals surface area (Å²) in [6.07, 6.45) is 5.84. The van der Waals surface area contributed by atoms with Crippen molar-refractivity contribution in [2.45, 2.75) is 50.8 Å². The predicted octanol–water partition coefficient (Wildman–Crippen LogP) is 2.91. The lowest BCUT2D eigenvalue weighted by Gasteiger charge is -2.21. The molecule has 0 amide bonds. The first kappa shape index (κ1) is 11.4. The zero-order chi connectivity index (χ0) is 9.68. The van der Waals surface area contributed by atoms with Crippen LogP contribution in [0.2, 0.25) is 0 Å². The highest BCUT2D eigenvalue weighted by molar-refractivity contribution is 7.99. The molecule has 0 aliphatic heterocycles. The molecule has 1 aliphatic carbocycles. The number of hydrogen-bond acceptors (Lipinski definition) is 2. The van der Waals surface area contributed by atoms with Crippen molar-refractivity contribution in [2.24, 2.45) is 5.92 Å². The molecule has 1 atom stereocenters. The van der Waals surface area contributed by atoms with Gasteiger partial charge in [0.15, 0.2) is 0 Å². The summed E-state index contributed by atoms with van der Waals surface area (Å²) in [5.74, 6) is 2.05. The minimum atomic E-state index is 0.700. The van der Waals surface area contributed by atoms with Gasteiger partial charge in [0.1, 0.15) is 0 Å². The van der Waals surface area contributed by atoms with E-state index in [1.807, 2.05) is 0 Å². The normalized spacial score (nSPS) is 21.2. The van der Waals surface area contributed by atoms with E-state index in [9.17, 15) is 0 Å². The van der Waals surface area contributed by atoms with Crippen LogP contribution in [0.1, 0.15) is 39.5 Å². The summed E-state index contributed by atoms with van der Waals surface area (Å²) in [4.78, 5) is 0. The van der Waals surface area contributed by atoms with Gasteiger partial charge in [0.25, 0.3) is 0 Å². The molecule has 0 saturated heterocycles. The van der Waals surface area contributed by atoms with Gasteiger partial charge in [-0.15, -0.1) is 0 Å². The van der Waals surface area contributed by atoms with Crippen molar-refractivity contribution in [2.75, 3.05) is 12.8 Å². The average Bonchev–Trinajstić information content (AvgIpc) is 2.57. The van der Waals surface area contributed by atoms with Crippen LogP contribution in [-0.2, 0) is 0 Å². The highest BCUT2D eigenvalue weighted by Gasteiger charge is 2.18. The van der Waals surface area contributed by atoms with Crippen molar-refractivity contribution in [3.8, 4) is 0 Å². The number of nitrogens with one attached hydrogen (secondary N) is 1. The van der Waals surface area contributed by atoms with E-state index in [-0.39, 0.29) is 0 Å². The molecule has 0 spiro atoms. The van der Waals surface area contributed by atoms with E-state index in [4.69, 9.17) is 0 Å². The molecule has 0 bridgehead atoms. The van der Waals surface area contributed by atoms with Gasteiger partial charge in [0.05, 0.1) is 0 Å². The highest BCUT2D eigenvalue weighted by atomic mass is 32.2. The van der Waals surface area contributed by atoms with E-state index in [0.29, 0.717) is 6.04 Å². The first-order valence-electron chi connectivity index (χ1n) is 5.53. The quantitative estimate of drug-likeness (QED) is 0.734. The second kappa shape index (κ2) is 5.92. The number of rotatable bonds is 5. The molecule has 0 aromatic heterocycles. The molecule has 1 unspecified atom stereocenters. The van der Waals surface area contributed by atoms with Crippen LogP contribution < -0.4 is 5.32 Å². The maximum atomic E-state index is 3.40. The molecule has 0 aromatic carbocycles. The van der Waals surface area contributed by atoms with Crippen LogP contribution in [0.4, 0.5) is 0 Å². The Labute approximate surface area is 87.1 Å². The second-order valence-corrected chi connectivity index (χ2v) is 5.71. The second-order valence-electron chi connectivity index (χ2n) is 4.38. The molecule has 78 valence electrons. The van der Waals surface area contributed by atoms with Crippen molar-refractivity contribution >= 4 is 11.8 Å². The first-order chi connectivity index (χ1) is 6.24. The molecule has 0 aromatic rings. The van der Waals surface area contributed by atoms with Gasteiger partial charge < -0.3 is 5.32 Å². The van der Waals surface area contributed by atoms with Crippen molar-refractivity contribution in [1.29, 1.82) is 0 Å². The third kappa shape index (κ3) is 3.90. The third-order valence-electron chi connectivity index (χ3n) is 2.99. The molecule has 1 nitrogen and oxygen atoms in total. The fourth-order valence-corrected chi connectivity index (χ4v) is 3.60. The highest BCUT2D eigenvalue weighted by Crippen LogP contribution is 2.30. The summed E-state index contributed by atoms with van der Waals surface area (Å²) >= 11 is 2.18. The van der Waals surface area contributed by atoms with E-state index >= 15 is 0 Å². The van der Waals surface area contributed by atoms with Crippen molar-refractivity contribution < 1.29 is 0 Å². The lowest BCUT2D eigenvalue weighted by molar-refractivity contribution is 0.465. The molecule has 2 heteroatoms. The maximum Gasteiger partial charge on any atom is 0.0178 e. The average molecular weight is 201 g/mol. The summed E-state index contributed by atoms with van der Waals surface area (Å²) < 4.78 is 0. The lowest BCUT2D eigenvalue weighted by Crippen LogP contribution is -2.33. The Kier molecular flexibility index (Phi) is 5.18. The fourth-order valence-electron chi connectivity index (χ4n) is 1.90. The van der Waals surface area contributed by atoms with E-state index in [0.717, 1.165) is 11.2 Å². The van der Waals surface area contributed by atoms with Gasteiger partial charge in [-0.05, 0) is 25.8 Å². The van der Waals surface area contributed by atoms with Crippen LogP contribution in [0.25, 0.3) is 0 Å². The van der Waals surface area contributed by atoms with Crippen LogP contribution in [0.3, 0.4) is 0 Å². The molecule has 1 rings (SSSR count). The largest absolute Gasteiger partial charge is 0.316 e. The smallest absolute Gasteiger partial charge is 0.0178 e. The molecule has 0 radical (unpaired) electrons. The molecule has 1 saturated carbocycles. The van der Waals surface area contributed by atoms with Gasteiger partial charge in [-0.1, -0.05) is 26.7 Å². The maximum absolute atomic E-state index is 3.40. The Morgan fingerprint density at radius 3 is 2.38 bits per heavy atom. The summed E-state index contributed by atoms with van der Waals surface area (Å²) in [5, 5.41) is 4.37. The molecule has 1 fully saturated rings. The van der Waals surface area contributed by atoms with Gasteiger partial charge in [-0.25, -0.2) is 0 Å². The first-order valence-corrected chi connectivity index (χ1v) is 6.57. The van der Waals surface area contributed by atoms with E-state index < -0.39 is 0 Å². The minimum Gasteiger partial charge on any atom is -0.316 e. The SMILES string of the molecule is CNC(CSC1CCCC1)C(C)C. The van der Waals surface area contributed by atoms with E-state index in [1.54, 1.807) is 0 Å². The summed E-state index contributed by atoms with van der Waals surface area (Å²) in [6, 6.07) is 0.700. The number of thioether (sulfide) groups is 1. The van der Waals surface area contributed by atoms with Crippen molar-refractivity contribution in [3.05, 3.63) is 0 Å². The Morgan fingerprint density at radius 1 is 1.31 bits per heavy atom. The summed E-state index contributed by atoms with van der Waals surface area (Å²) in [6.45, 7) is 4.60. The Bertz CT molecular complexity index is 130. The van der Waals surface area contributed by atoms with Gasteiger partial charge >= 0.3 is 0 Å². The third-order valence-corrected chi connectivity index (χ3v) is 4.48. The summed E-state index contributed by atoms with van der Waals surface area (Å²) in [5.41, 5.74) is 0.